The van der Waals surface area contributed by atoms with Gasteiger partial charge in [-0.05, 0) is 42.9 Å². The van der Waals surface area contributed by atoms with Crippen molar-refractivity contribution in [1.29, 1.82) is 0 Å². The Hall–Kier alpha value is -3.30. The SMILES string of the molecule is Cc1ccc(C)c(NC(=O)Cn2nc([N+](=O)[O-])c([N+](=O)[O-])c2C)c1. The van der Waals surface area contributed by atoms with Crippen LogP contribution in [0.25, 0.3) is 0 Å². The number of aromatic nitrogens is 2. The van der Waals surface area contributed by atoms with E-state index in [4.69, 9.17) is 0 Å². The third-order valence-corrected chi connectivity index (χ3v) is 3.47. The maximum atomic E-state index is 12.1. The van der Waals surface area contributed by atoms with Crippen LogP contribution in [-0.2, 0) is 11.3 Å². The van der Waals surface area contributed by atoms with E-state index in [1.807, 2.05) is 26.0 Å². The number of hydrogen-bond donors (Lipinski definition) is 1. The molecule has 0 aliphatic rings. The van der Waals surface area contributed by atoms with Gasteiger partial charge in [-0.1, -0.05) is 12.1 Å². The summed E-state index contributed by atoms with van der Waals surface area (Å²) in [5.41, 5.74) is 1.65. The van der Waals surface area contributed by atoms with Gasteiger partial charge < -0.3 is 15.4 Å². The Kier molecular flexibility index (Phi) is 4.58. The number of nitrogens with zero attached hydrogens (tertiary/aromatic N) is 4. The normalized spacial score (nSPS) is 10.5. The molecule has 0 aliphatic heterocycles. The first kappa shape index (κ1) is 17.1. The van der Waals surface area contributed by atoms with Gasteiger partial charge in [-0.15, -0.1) is 0 Å². The average molecular weight is 333 g/mol. The van der Waals surface area contributed by atoms with Crippen molar-refractivity contribution in [2.75, 3.05) is 5.32 Å². The summed E-state index contributed by atoms with van der Waals surface area (Å²) in [4.78, 5) is 32.2. The van der Waals surface area contributed by atoms with Gasteiger partial charge in [-0.25, -0.2) is 0 Å². The Labute approximate surface area is 136 Å². The van der Waals surface area contributed by atoms with Crippen LogP contribution in [0.4, 0.5) is 17.2 Å². The molecule has 1 heterocycles. The van der Waals surface area contributed by atoms with Crippen molar-refractivity contribution in [1.82, 2.24) is 9.78 Å². The summed E-state index contributed by atoms with van der Waals surface area (Å²) in [6, 6.07) is 5.53. The van der Waals surface area contributed by atoms with Crippen molar-refractivity contribution in [3.05, 3.63) is 55.2 Å². The van der Waals surface area contributed by atoms with Gasteiger partial charge in [-0.3, -0.25) is 14.9 Å². The molecule has 10 heteroatoms. The van der Waals surface area contributed by atoms with Crippen molar-refractivity contribution in [2.45, 2.75) is 27.3 Å². The molecule has 0 spiro atoms. The minimum Gasteiger partial charge on any atom is -0.358 e. The molecule has 0 bridgehead atoms. The second-order valence-corrected chi connectivity index (χ2v) is 5.30. The van der Waals surface area contributed by atoms with E-state index in [9.17, 15) is 25.0 Å². The fraction of sp³-hybridized carbons (Fsp3) is 0.286. The van der Waals surface area contributed by atoms with Crippen LogP contribution < -0.4 is 5.32 Å². The minimum absolute atomic E-state index is 0.0529. The number of anilines is 1. The third kappa shape index (κ3) is 3.37. The van der Waals surface area contributed by atoms with Gasteiger partial charge >= 0.3 is 11.5 Å². The molecule has 0 unspecified atom stereocenters. The summed E-state index contributed by atoms with van der Waals surface area (Å²) in [5.74, 6) is -1.36. The molecule has 2 rings (SSSR count). The van der Waals surface area contributed by atoms with E-state index in [2.05, 4.69) is 10.4 Å². The van der Waals surface area contributed by atoms with Crippen LogP contribution in [-0.4, -0.2) is 25.5 Å². The first-order valence-electron chi connectivity index (χ1n) is 6.94. The number of rotatable bonds is 5. The van der Waals surface area contributed by atoms with E-state index in [1.165, 1.54) is 6.92 Å². The average Bonchev–Trinajstić information content (AvgIpc) is 2.80. The molecule has 0 radical (unpaired) electrons. The summed E-state index contributed by atoms with van der Waals surface area (Å²) in [6.07, 6.45) is 0. The molecule has 1 aromatic carbocycles. The van der Waals surface area contributed by atoms with Crippen LogP contribution >= 0.6 is 0 Å². The lowest BCUT2D eigenvalue weighted by Crippen LogP contribution is -2.21. The number of amides is 1. The second-order valence-electron chi connectivity index (χ2n) is 5.30. The van der Waals surface area contributed by atoms with Gasteiger partial charge in [-0.2, -0.15) is 4.68 Å². The summed E-state index contributed by atoms with van der Waals surface area (Å²) < 4.78 is 0.955. The van der Waals surface area contributed by atoms with Gasteiger partial charge in [0.05, 0.1) is 10.0 Å². The molecule has 126 valence electrons. The highest BCUT2D eigenvalue weighted by Gasteiger charge is 2.35. The lowest BCUT2D eigenvalue weighted by molar-refractivity contribution is -0.424. The summed E-state index contributed by atoms with van der Waals surface area (Å²) in [6.45, 7) is 4.64. The van der Waals surface area contributed by atoms with Crippen LogP contribution in [0.1, 0.15) is 16.8 Å². The topological polar surface area (TPSA) is 133 Å². The molecule has 2 aromatic rings. The van der Waals surface area contributed by atoms with Gasteiger partial charge in [0, 0.05) is 5.69 Å². The van der Waals surface area contributed by atoms with Crippen LogP contribution in [0.3, 0.4) is 0 Å². The summed E-state index contributed by atoms with van der Waals surface area (Å²) in [7, 11) is 0. The molecule has 24 heavy (non-hydrogen) atoms. The van der Waals surface area contributed by atoms with E-state index in [0.717, 1.165) is 15.8 Å². The monoisotopic (exact) mass is 333 g/mol. The molecule has 1 N–H and O–H groups in total. The quantitative estimate of drug-likeness (QED) is 0.659. The van der Waals surface area contributed by atoms with Crippen molar-refractivity contribution >= 4 is 23.1 Å². The molecular weight excluding hydrogens is 318 g/mol. The Morgan fingerprint density at radius 1 is 1.21 bits per heavy atom. The third-order valence-electron chi connectivity index (χ3n) is 3.47. The highest BCUT2D eigenvalue weighted by Crippen LogP contribution is 2.29. The number of hydrogen-bond acceptors (Lipinski definition) is 6. The molecule has 10 nitrogen and oxygen atoms in total. The van der Waals surface area contributed by atoms with Crippen molar-refractivity contribution in [2.24, 2.45) is 0 Å². The number of carbonyl (C=O) groups is 1. The van der Waals surface area contributed by atoms with Gasteiger partial charge in [0.1, 0.15) is 12.2 Å². The van der Waals surface area contributed by atoms with Crippen LogP contribution in [0.2, 0.25) is 0 Å². The van der Waals surface area contributed by atoms with Crippen LogP contribution in [0.15, 0.2) is 18.2 Å². The zero-order valence-corrected chi connectivity index (χ0v) is 13.3. The maximum Gasteiger partial charge on any atom is 0.468 e. The number of benzene rings is 1. The molecule has 1 amide bonds. The zero-order chi connectivity index (χ0) is 18.0. The summed E-state index contributed by atoms with van der Waals surface area (Å²) in [5, 5.41) is 28.1. The Balaban J connectivity index is 2.26. The van der Waals surface area contributed by atoms with Crippen LogP contribution in [0, 0.1) is 41.0 Å². The predicted octanol–water partition coefficient (Wildman–Crippen LogP) is 2.26. The molecule has 0 fully saturated rings. The second kappa shape index (κ2) is 6.44. The van der Waals surface area contributed by atoms with Crippen molar-refractivity contribution in [3.8, 4) is 0 Å². The predicted molar refractivity (Wildman–Crippen MR) is 84.8 cm³/mol. The smallest absolute Gasteiger partial charge is 0.358 e. The first-order chi connectivity index (χ1) is 11.2. The van der Waals surface area contributed by atoms with Gasteiger partial charge in [0.2, 0.25) is 5.91 Å². The molecule has 0 atom stereocenters. The van der Waals surface area contributed by atoms with E-state index >= 15 is 0 Å². The fourth-order valence-electron chi connectivity index (χ4n) is 2.21. The minimum atomic E-state index is -0.940. The molecular formula is C14H15N5O5. The van der Waals surface area contributed by atoms with Crippen molar-refractivity contribution < 1.29 is 14.6 Å². The van der Waals surface area contributed by atoms with Gasteiger partial charge in [0.15, 0.2) is 0 Å². The molecule has 0 saturated carbocycles. The summed E-state index contributed by atoms with van der Waals surface area (Å²) >= 11 is 0. The van der Waals surface area contributed by atoms with E-state index in [1.54, 1.807) is 6.07 Å². The first-order valence-corrected chi connectivity index (χ1v) is 6.94. The number of aryl methyl sites for hydroxylation is 2. The van der Waals surface area contributed by atoms with E-state index in [0.29, 0.717) is 5.69 Å². The molecule has 0 aliphatic carbocycles. The van der Waals surface area contributed by atoms with E-state index < -0.39 is 27.3 Å². The lowest BCUT2D eigenvalue weighted by atomic mass is 10.1. The number of nitrogens with one attached hydrogen (secondary N) is 1. The standard InChI is InChI=1S/C14H15N5O5/c1-8-4-5-9(2)11(6-8)15-12(20)7-17-10(3)13(18(21)22)14(16-17)19(23)24/h4-6H,7H2,1-3H3,(H,15,20). The maximum absolute atomic E-state index is 12.1. The highest BCUT2D eigenvalue weighted by molar-refractivity contribution is 5.91. The van der Waals surface area contributed by atoms with E-state index in [-0.39, 0.29) is 12.2 Å². The highest BCUT2D eigenvalue weighted by atomic mass is 16.6. The Morgan fingerprint density at radius 3 is 2.42 bits per heavy atom. The van der Waals surface area contributed by atoms with Crippen molar-refractivity contribution in [3.63, 3.8) is 0 Å². The van der Waals surface area contributed by atoms with Gasteiger partial charge in [0.25, 0.3) is 0 Å². The van der Waals surface area contributed by atoms with Crippen LogP contribution in [0.5, 0.6) is 0 Å². The fourth-order valence-corrected chi connectivity index (χ4v) is 2.21. The Bertz CT molecular complexity index is 842. The number of nitro groups is 2. The lowest BCUT2D eigenvalue weighted by Gasteiger charge is -2.08. The largest absolute Gasteiger partial charge is 0.468 e. The molecule has 0 saturated heterocycles. The Morgan fingerprint density at radius 2 is 1.88 bits per heavy atom. The number of carbonyl (C=O) groups excluding carboxylic acids is 1. The molecule has 1 aromatic heterocycles. The zero-order valence-electron chi connectivity index (χ0n) is 13.3.